The summed E-state index contributed by atoms with van der Waals surface area (Å²) in [6.07, 6.45) is 4.71. The molecule has 0 saturated heterocycles. The van der Waals surface area contributed by atoms with Crippen molar-refractivity contribution in [2.24, 2.45) is 0 Å². The Morgan fingerprint density at radius 3 is 2.85 bits per heavy atom. The Balaban J connectivity index is 1.63. The van der Waals surface area contributed by atoms with Gasteiger partial charge in [0.2, 0.25) is 0 Å². The number of benzene rings is 1. The number of ether oxygens (including phenoxy) is 1. The SMILES string of the molecule is COCCn1cc(C(=O)NCc2cccc(Cn3cncn3)c2)ccc1=O. The number of amides is 1. The van der Waals surface area contributed by atoms with Gasteiger partial charge in [-0.3, -0.25) is 9.59 Å². The fourth-order valence-electron chi connectivity index (χ4n) is 2.65. The summed E-state index contributed by atoms with van der Waals surface area (Å²) in [5.74, 6) is -0.233. The molecule has 140 valence electrons. The number of nitrogens with zero attached hydrogens (tertiary/aromatic N) is 4. The second kappa shape index (κ2) is 8.91. The molecular formula is C19H21N5O3. The first-order valence-electron chi connectivity index (χ1n) is 8.53. The van der Waals surface area contributed by atoms with Gasteiger partial charge in [-0.15, -0.1) is 0 Å². The summed E-state index contributed by atoms with van der Waals surface area (Å²) in [5.41, 5.74) is 2.32. The Kier molecular flexibility index (Phi) is 6.11. The minimum absolute atomic E-state index is 0.163. The first-order chi connectivity index (χ1) is 13.2. The quantitative estimate of drug-likeness (QED) is 0.643. The highest BCUT2D eigenvalue weighted by Crippen LogP contribution is 2.07. The average molecular weight is 367 g/mol. The first kappa shape index (κ1) is 18.5. The van der Waals surface area contributed by atoms with Crippen LogP contribution in [0.25, 0.3) is 0 Å². The second-order valence-corrected chi connectivity index (χ2v) is 6.04. The molecule has 8 heteroatoms. The molecule has 0 bridgehead atoms. The van der Waals surface area contributed by atoms with E-state index in [2.05, 4.69) is 15.4 Å². The average Bonchev–Trinajstić information content (AvgIpc) is 3.19. The fraction of sp³-hybridized carbons (Fsp3) is 0.263. The van der Waals surface area contributed by atoms with Crippen LogP contribution in [-0.4, -0.2) is 39.0 Å². The van der Waals surface area contributed by atoms with Crippen molar-refractivity contribution in [3.8, 4) is 0 Å². The summed E-state index contributed by atoms with van der Waals surface area (Å²) in [6.45, 7) is 1.82. The van der Waals surface area contributed by atoms with Crippen molar-refractivity contribution in [3.63, 3.8) is 0 Å². The molecule has 1 N–H and O–H groups in total. The van der Waals surface area contributed by atoms with Crippen LogP contribution in [0.1, 0.15) is 21.5 Å². The number of carbonyl (C=O) groups is 1. The summed E-state index contributed by atoms with van der Waals surface area (Å²) in [7, 11) is 1.57. The number of hydrogen-bond donors (Lipinski definition) is 1. The van der Waals surface area contributed by atoms with E-state index in [0.717, 1.165) is 11.1 Å². The van der Waals surface area contributed by atoms with Gasteiger partial charge in [0.1, 0.15) is 12.7 Å². The van der Waals surface area contributed by atoms with Crippen LogP contribution in [0.4, 0.5) is 0 Å². The molecule has 0 atom stereocenters. The Labute approximate surface area is 156 Å². The molecule has 2 aromatic heterocycles. The van der Waals surface area contributed by atoms with E-state index in [1.807, 2.05) is 24.3 Å². The Bertz CT molecular complexity index is 950. The number of methoxy groups -OCH3 is 1. The Hall–Kier alpha value is -3.26. The summed E-state index contributed by atoms with van der Waals surface area (Å²) in [4.78, 5) is 28.2. The lowest BCUT2D eigenvalue weighted by Crippen LogP contribution is -2.27. The van der Waals surface area contributed by atoms with E-state index in [0.29, 0.717) is 31.8 Å². The molecule has 1 aromatic carbocycles. The summed E-state index contributed by atoms with van der Waals surface area (Å²) < 4.78 is 8.19. The number of pyridine rings is 1. The van der Waals surface area contributed by atoms with E-state index in [4.69, 9.17) is 4.74 Å². The van der Waals surface area contributed by atoms with Gasteiger partial charge in [0.05, 0.1) is 18.7 Å². The highest BCUT2D eigenvalue weighted by Gasteiger charge is 2.08. The number of rotatable bonds is 8. The molecule has 0 aliphatic carbocycles. The van der Waals surface area contributed by atoms with E-state index >= 15 is 0 Å². The van der Waals surface area contributed by atoms with Crippen LogP contribution in [0, 0.1) is 0 Å². The van der Waals surface area contributed by atoms with Gasteiger partial charge < -0.3 is 14.6 Å². The van der Waals surface area contributed by atoms with Crippen molar-refractivity contribution < 1.29 is 9.53 Å². The highest BCUT2D eigenvalue weighted by atomic mass is 16.5. The van der Waals surface area contributed by atoms with Gasteiger partial charge in [-0.25, -0.2) is 9.67 Å². The topological polar surface area (TPSA) is 91.0 Å². The largest absolute Gasteiger partial charge is 0.383 e. The van der Waals surface area contributed by atoms with E-state index in [-0.39, 0.29) is 11.5 Å². The summed E-state index contributed by atoms with van der Waals surface area (Å²) >= 11 is 0. The van der Waals surface area contributed by atoms with Gasteiger partial charge in [-0.1, -0.05) is 24.3 Å². The van der Waals surface area contributed by atoms with Gasteiger partial charge in [-0.2, -0.15) is 5.10 Å². The fourth-order valence-corrected chi connectivity index (χ4v) is 2.65. The van der Waals surface area contributed by atoms with Gasteiger partial charge in [0, 0.05) is 32.5 Å². The zero-order valence-corrected chi connectivity index (χ0v) is 15.0. The molecule has 1 amide bonds. The van der Waals surface area contributed by atoms with Crippen LogP contribution in [-0.2, 0) is 24.4 Å². The maximum absolute atomic E-state index is 12.4. The number of hydrogen-bond acceptors (Lipinski definition) is 5. The standard InChI is InChI=1S/C19H21N5O3/c1-27-8-7-23-12-17(5-6-18(23)25)19(26)21-10-15-3-2-4-16(9-15)11-24-14-20-13-22-24/h2-6,9,12-14H,7-8,10-11H2,1H3,(H,21,26). The summed E-state index contributed by atoms with van der Waals surface area (Å²) in [5, 5.41) is 6.97. The van der Waals surface area contributed by atoms with Crippen LogP contribution in [0.5, 0.6) is 0 Å². The van der Waals surface area contributed by atoms with Crippen molar-refractivity contribution in [3.05, 3.63) is 82.3 Å². The molecule has 0 saturated carbocycles. The zero-order chi connectivity index (χ0) is 19.1. The predicted octanol–water partition coefficient (Wildman–Crippen LogP) is 1.06. The lowest BCUT2D eigenvalue weighted by atomic mass is 10.1. The summed E-state index contributed by atoms with van der Waals surface area (Å²) in [6, 6.07) is 10.8. The van der Waals surface area contributed by atoms with Crippen LogP contribution in [0.3, 0.4) is 0 Å². The zero-order valence-electron chi connectivity index (χ0n) is 15.0. The second-order valence-electron chi connectivity index (χ2n) is 6.04. The van der Waals surface area contributed by atoms with E-state index in [1.165, 1.54) is 23.0 Å². The van der Waals surface area contributed by atoms with Crippen molar-refractivity contribution in [2.45, 2.75) is 19.6 Å². The van der Waals surface area contributed by atoms with Crippen molar-refractivity contribution in [1.82, 2.24) is 24.6 Å². The molecular weight excluding hydrogens is 346 g/mol. The third kappa shape index (κ3) is 5.11. The first-order valence-corrected chi connectivity index (χ1v) is 8.53. The minimum atomic E-state index is -0.233. The maximum atomic E-state index is 12.4. The molecule has 0 radical (unpaired) electrons. The minimum Gasteiger partial charge on any atom is -0.383 e. The normalized spacial score (nSPS) is 10.7. The predicted molar refractivity (Wildman–Crippen MR) is 99.3 cm³/mol. The van der Waals surface area contributed by atoms with Crippen LogP contribution >= 0.6 is 0 Å². The van der Waals surface area contributed by atoms with Crippen LogP contribution in [0.15, 0.2) is 60.0 Å². The smallest absolute Gasteiger partial charge is 0.253 e. The number of carbonyl (C=O) groups excluding carboxylic acids is 1. The molecule has 3 rings (SSSR count). The van der Waals surface area contributed by atoms with Crippen molar-refractivity contribution in [1.29, 1.82) is 0 Å². The molecule has 0 unspecified atom stereocenters. The van der Waals surface area contributed by atoms with Gasteiger partial charge in [0.15, 0.2) is 0 Å². The maximum Gasteiger partial charge on any atom is 0.253 e. The molecule has 0 fully saturated rings. The molecule has 27 heavy (non-hydrogen) atoms. The van der Waals surface area contributed by atoms with Crippen molar-refractivity contribution in [2.75, 3.05) is 13.7 Å². The highest BCUT2D eigenvalue weighted by molar-refractivity contribution is 5.93. The number of nitrogens with one attached hydrogen (secondary N) is 1. The molecule has 2 heterocycles. The van der Waals surface area contributed by atoms with Gasteiger partial charge in [0.25, 0.3) is 11.5 Å². The third-order valence-electron chi connectivity index (χ3n) is 4.04. The lowest BCUT2D eigenvalue weighted by molar-refractivity contribution is 0.0949. The van der Waals surface area contributed by atoms with Crippen LogP contribution in [0.2, 0.25) is 0 Å². The molecule has 0 spiro atoms. The van der Waals surface area contributed by atoms with Crippen molar-refractivity contribution >= 4 is 5.91 Å². The van der Waals surface area contributed by atoms with Crippen LogP contribution < -0.4 is 10.9 Å². The van der Waals surface area contributed by atoms with E-state index < -0.39 is 0 Å². The number of aromatic nitrogens is 4. The monoisotopic (exact) mass is 367 g/mol. The van der Waals surface area contributed by atoms with Gasteiger partial charge >= 0.3 is 0 Å². The molecule has 8 nitrogen and oxygen atoms in total. The molecule has 3 aromatic rings. The third-order valence-corrected chi connectivity index (χ3v) is 4.04. The van der Waals surface area contributed by atoms with Gasteiger partial charge in [-0.05, 0) is 17.2 Å². The Morgan fingerprint density at radius 2 is 2.07 bits per heavy atom. The molecule has 0 aliphatic heterocycles. The lowest BCUT2D eigenvalue weighted by Gasteiger charge is -2.10. The molecule has 0 aliphatic rings. The van der Waals surface area contributed by atoms with E-state index in [9.17, 15) is 9.59 Å². The Morgan fingerprint density at radius 1 is 1.22 bits per heavy atom. The van der Waals surface area contributed by atoms with E-state index in [1.54, 1.807) is 24.3 Å².